The highest BCUT2D eigenvalue weighted by Gasteiger charge is 2.44. The predicted molar refractivity (Wildman–Crippen MR) is 65.8 cm³/mol. The summed E-state index contributed by atoms with van der Waals surface area (Å²) in [6.07, 6.45) is -0.332. The van der Waals surface area contributed by atoms with E-state index in [0.29, 0.717) is 0 Å². The maximum atomic E-state index is 10.6. The molecule has 0 aromatic heterocycles. The number of aliphatic hydroxyl groups is 1. The van der Waals surface area contributed by atoms with Crippen LogP contribution in [0.2, 0.25) is 0 Å². The van der Waals surface area contributed by atoms with Crippen molar-refractivity contribution in [3.63, 3.8) is 0 Å². The Hall–Kier alpha value is -1.80. The van der Waals surface area contributed by atoms with Crippen molar-refractivity contribution in [3.05, 3.63) is 65.7 Å². The first-order valence-corrected chi connectivity index (χ1v) is 5.73. The van der Waals surface area contributed by atoms with Crippen LogP contribution < -0.4 is 4.74 Å². The van der Waals surface area contributed by atoms with E-state index in [2.05, 4.69) is 0 Å². The molecule has 0 bridgehead atoms. The van der Waals surface area contributed by atoms with Gasteiger partial charge in [-0.1, -0.05) is 48.5 Å². The zero-order valence-corrected chi connectivity index (χ0v) is 9.63. The van der Waals surface area contributed by atoms with Crippen molar-refractivity contribution in [2.24, 2.45) is 0 Å². The topological polar surface area (TPSA) is 29.5 Å². The zero-order chi connectivity index (χ0) is 11.9. The van der Waals surface area contributed by atoms with Crippen molar-refractivity contribution in [1.82, 2.24) is 0 Å². The predicted octanol–water partition coefficient (Wildman–Crippen LogP) is 3.03. The van der Waals surface area contributed by atoms with Crippen LogP contribution >= 0.6 is 0 Å². The molecular weight excluding hydrogens is 212 g/mol. The fraction of sp³-hybridized carbons (Fsp3) is 0.200. The van der Waals surface area contributed by atoms with Gasteiger partial charge in [0.25, 0.3) is 0 Å². The van der Waals surface area contributed by atoms with Gasteiger partial charge >= 0.3 is 0 Å². The monoisotopic (exact) mass is 226 g/mol. The summed E-state index contributed by atoms with van der Waals surface area (Å²) >= 11 is 0. The summed E-state index contributed by atoms with van der Waals surface area (Å²) in [5, 5.41) is 10.6. The van der Waals surface area contributed by atoms with Gasteiger partial charge in [0.15, 0.2) is 6.10 Å². The number of rotatable bonds is 1. The van der Waals surface area contributed by atoms with Crippen molar-refractivity contribution < 1.29 is 9.84 Å². The van der Waals surface area contributed by atoms with E-state index in [-0.39, 0.29) is 6.10 Å². The third kappa shape index (κ3) is 1.53. The highest BCUT2D eigenvalue weighted by molar-refractivity contribution is 5.44. The molecule has 1 heterocycles. The lowest BCUT2D eigenvalue weighted by Crippen LogP contribution is -2.27. The average Bonchev–Trinajstić information content (AvgIpc) is 2.63. The lowest BCUT2D eigenvalue weighted by atomic mass is 9.88. The van der Waals surface area contributed by atoms with E-state index in [1.54, 1.807) is 6.92 Å². The minimum Gasteiger partial charge on any atom is -0.482 e. The molecule has 2 atom stereocenters. The Kier molecular flexibility index (Phi) is 2.20. The largest absolute Gasteiger partial charge is 0.482 e. The van der Waals surface area contributed by atoms with Gasteiger partial charge in [0.2, 0.25) is 0 Å². The molecule has 0 unspecified atom stereocenters. The van der Waals surface area contributed by atoms with Crippen LogP contribution in [0.25, 0.3) is 0 Å². The second-order valence-electron chi connectivity index (χ2n) is 4.55. The number of hydrogen-bond acceptors (Lipinski definition) is 2. The van der Waals surface area contributed by atoms with Gasteiger partial charge in [0.1, 0.15) is 11.4 Å². The molecule has 2 aromatic carbocycles. The van der Waals surface area contributed by atoms with Gasteiger partial charge in [-0.15, -0.1) is 0 Å². The van der Waals surface area contributed by atoms with Gasteiger partial charge in [0.05, 0.1) is 0 Å². The number of hydrogen-bond donors (Lipinski definition) is 1. The van der Waals surface area contributed by atoms with Crippen molar-refractivity contribution in [1.29, 1.82) is 0 Å². The summed E-state index contributed by atoms with van der Waals surface area (Å²) in [4.78, 5) is 0. The van der Waals surface area contributed by atoms with Crippen molar-refractivity contribution in [2.45, 2.75) is 18.6 Å². The summed E-state index contributed by atoms with van der Waals surface area (Å²) in [5.74, 6) is 0.770. The van der Waals surface area contributed by atoms with Crippen LogP contribution in [-0.4, -0.2) is 5.11 Å². The SMILES string of the molecule is C[C@@]1(O)c2ccccc2O[C@@H]1c1ccccc1. The Labute approximate surface area is 100 Å². The van der Waals surface area contributed by atoms with Crippen molar-refractivity contribution >= 4 is 0 Å². The first-order valence-electron chi connectivity index (χ1n) is 5.73. The molecule has 0 fully saturated rings. The highest BCUT2D eigenvalue weighted by Crippen LogP contribution is 2.48. The molecule has 2 nitrogen and oxygen atoms in total. The Balaban J connectivity index is 2.07. The molecule has 0 radical (unpaired) electrons. The normalized spacial score (nSPS) is 26.4. The van der Waals surface area contributed by atoms with E-state index >= 15 is 0 Å². The third-order valence-electron chi connectivity index (χ3n) is 3.29. The molecule has 0 aliphatic carbocycles. The van der Waals surface area contributed by atoms with Crippen LogP contribution in [-0.2, 0) is 5.60 Å². The second-order valence-corrected chi connectivity index (χ2v) is 4.55. The number of benzene rings is 2. The maximum absolute atomic E-state index is 10.6. The molecule has 1 aliphatic heterocycles. The van der Waals surface area contributed by atoms with Gasteiger partial charge in [-0.2, -0.15) is 0 Å². The minimum absolute atomic E-state index is 0.332. The van der Waals surface area contributed by atoms with E-state index in [4.69, 9.17) is 4.74 Å². The minimum atomic E-state index is -0.974. The maximum Gasteiger partial charge on any atom is 0.156 e. The summed E-state index contributed by atoms with van der Waals surface area (Å²) in [5.41, 5.74) is 0.875. The standard InChI is InChI=1S/C15H14O2/c1-15(16)12-9-5-6-10-13(12)17-14(15)11-7-3-2-4-8-11/h2-10,14,16H,1H3/t14-,15-/m1/s1. The average molecular weight is 226 g/mol. The Bertz CT molecular complexity index is 532. The molecule has 1 N–H and O–H groups in total. The van der Waals surface area contributed by atoms with E-state index in [9.17, 15) is 5.11 Å². The number of ether oxygens (including phenoxy) is 1. The van der Waals surface area contributed by atoms with Crippen molar-refractivity contribution in [2.75, 3.05) is 0 Å². The van der Waals surface area contributed by atoms with Crippen LogP contribution in [0.5, 0.6) is 5.75 Å². The molecule has 2 heteroatoms. The van der Waals surface area contributed by atoms with Crippen LogP contribution in [0.3, 0.4) is 0 Å². The second kappa shape index (κ2) is 3.60. The van der Waals surface area contributed by atoms with Crippen molar-refractivity contribution in [3.8, 4) is 5.75 Å². The summed E-state index contributed by atoms with van der Waals surface area (Å²) in [6.45, 7) is 1.80. The lowest BCUT2D eigenvalue weighted by molar-refractivity contribution is -0.0260. The Morgan fingerprint density at radius 3 is 2.35 bits per heavy atom. The molecule has 0 saturated heterocycles. The number of fused-ring (bicyclic) bond motifs is 1. The van der Waals surface area contributed by atoms with E-state index in [0.717, 1.165) is 16.9 Å². The molecule has 1 aliphatic rings. The first kappa shape index (κ1) is 10.4. The number of para-hydroxylation sites is 1. The summed E-state index contributed by atoms with van der Waals surface area (Å²) in [6, 6.07) is 17.5. The van der Waals surface area contributed by atoms with E-state index in [1.807, 2.05) is 54.6 Å². The Morgan fingerprint density at radius 2 is 1.65 bits per heavy atom. The molecule has 0 amide bonds. The van der Waals surface area contributed by atoms with E-state index < -0.39 is 5.60 Å². The van der Waals surface area contributed by atoms with E-state index in [1.165, 1.54) is 0 Å². The smallest absolute Gasteiger partial charge is 0.156 e. The third-order valence-corrected chi connectivity index (χ3v) is 3.29. The van der Waals surface area contributed by atoms with Gasteiger partial charge in [-0.25, -0.2) is 0 Å². The quantitative estimate of drug-likeness (QED) is 0.810. The fourth-order valence-corrected chi connectivity index (χ4v) is 2.39. The molecule has 0 saturated carbocycles. The Morgan fingerprint density at radius 1 is 1.00 bits per heavy atom. The van der Waals surface area contributed by atoms with Gasteiger partial charge in [-0.3, -0.25) is 0 Å². The van der Waals surface area contributed by atoms with Gasteiger partial charge in [-0.05, 0) is 18.6 Å². The highest BCUT2D eigenvalue weighted by atomic mass is 16.5. The zero-order valence-electron chi connectivity index (χ0n) is 9.63. The molecular formula is C15H14O2. The molecule has 17 heavy (non-hydrogen) atoms. The van der Waals surface area contributed by atoms with Crippen LogP contribution in [0.4, 0.5) is 0 Å². The molecule has 2 aromatic rings. The van der Waals surface area contributed by atoms with Crippen LogP contribution in [0.1, 0.15) is 24.2 Å². The van der Waals surface area contributed by atoms with Gasteiger partial charge < -0.3 is 9.84 Å². The summed E-state index contributed by atoms with van der Waals surface area (Å²) < 4.78 is 5.86. The fourth-order valence-electron chi connectivity index (χ4n) is 2.39. The van der Waals surface area contributed by atoms with Gasteiger partial charge in [0, 0.05) is 5.56 Å². The van der Waals surface area contributed by atoms with Crippen LogP contribution in [0.15, 0.2) is 54.6 Å². The molecule has 0 spiro atoms. The first-order chi connectivity index (χ1) is 8.19. The summed E-state index contributed by atoms with van der Waals surface area (Å²) in [7, 11) is 0. The molecule has 3 rings (SSSR count). The molecule has 86 valence electrons. The van der Waals surface area contributed by atoms with Crippen LogP contribution in [0, 0.1) is 0 Å². The lowest BCUT2D eigenvalue weighted by Gasteiger charge is -2.24.